The molecule has 1 rings (SSSR count). The van der Waals surface area contributed by atoms with Gasteiger partial charge in [-0.25, -0.2) is 4.79 Å². The number of ether oxygens (including phenoxy) is 1. The Kier molecular flexibility index (Phi) is 3.78. The summed E-state index contributed by atoms with van der Waals surface area (Å²) in [6.45, 7) is 1.65. The lowest BCUT2D eigenvalue weighted by molar-refractivity contribution is -0.158. The molecule has 1 aliphatic rings. The number of methoxy groups -OCH3 is 1. The number of halogens is 2. The number of Topliss-reactive ketones (excluding diaryl/α,β-unsaturated/α-hetero) is 1. The van der Waals surface area contributed by atoms with Crippen molar-refractivity contribution in [3.63, 3.8) is 0 Å². The van der Waals surface area contributed by atoms with Gasteiger partial charge in [0.15, 0.2) is 5.78 Å². The molecule has 0 fully saturated rings. The minimum atomic E-state index is -2.21. The van der Waals surface area contributed by atoms with E-state index >= 15 is 0 Å². The van der Waals surface area contributed by atoms with E-state index in [1.54, 1.807) is 6.92 Å². The van der Waals surface area contributed by atoms with Gasteiger partial charge in [0.05, 0.1) is 12.1 Å². The monoisotopic (exact) mass is 264 g/mol. The van der Waals surface area contributed by atoms with E-state index in [4.69, 9.17) is 23.2 Å². The minimum absolute atomic E-state index is 0.0338. The molecule has 1 N–H and O–H groups in total. The van der Waals surface area contributed by atoms with Crippen LogP contribution in [-0.2, 0) is 14.3 Å². The number of ketones is 1. The number of aliphatic hydroxyl groups is 1. The molecule has 0 aromatic heterocycles. The standard InChI is InChI=1S/C10H10Cl2O4/c1-3-4-5-6(11)7(13)8(12)10(5,15)9(14)16-2/h3-4,8,15H,1-2H3/b4-3-/t8-,10+/m1/s1. The van der Waals surface area contributed by atoms with Crippen molar-refractivity contribution < 1.29 is 19.4 Å². The fourth-order valence-electron chi connectivity index (χ4n) is 1.47. The first-order valence-electron chi connectivity index (χ1n) is 4.43. The number of carbonyl (C=O) groups excluding carboxylic acids is 2. The second-order valence-corrected chi connectivity index (χ2v) is 4.03. The van der Waals surface area contributed by atoms with E-state index in [1.165, 1.54) is 12.2 Å². The third-order valence-electron chi connectivity index (χ3n) is 2.29. The molecular weight excluding hydrogens is 255 g/mol. The SMILES string of the molecule is C/C=C\C1=C(Cl)C(=O)[C@@H](Cl)[C@]1(O)C(=O)OC. The Hall–Kier alpha value is -0.840. The van der Waals surface area contributed by atoms with Gasteiger partial charge in [0.2, 0.25) is 5.60 Å². The second-order valence-electron chi connectivity index (χ2n) is 3.21. The maximum Gasteiger partial charge on any atom is 0.344 e. The zero-order valence-electron chi connectivity index (χ0n) is 8.66. The normalized spacial score (nSPS) is 30.3. The van der Waals surface area contributed by atoms with E-state index in [0.29, 0.717) is 0 Å². The average Bonchev–Trinajstić information content (AvgIpc) is 2.44. The van der Waals surface area contributed by atoms with Crippen molar-refractivity contribution in [2.24, 2.45) is 0 Å². The molecule has 0 amide bonds. The van der Waals surface area contributed by atoms with Crippen LogP contribution < -0.4 is 0 Å². The van der Waals surface area contributed by atoms with Crippen molar-refractivity contribution in [2.45, 2.75) is 17.9 Å². The van der Waals surface area contributed by atoms with Crippen molar-refractivity contribution in [2.75, 3.05) is 7.11 Å². The highest BCUT2D eigenvalue weighted by atomic mass is 35.5. The molecule has 0 radical (unpaired) electrons. The van der Waals surface area contributed by atoms with Gasteiger partial charge in [0.25, 0.3) is 0 Å². The molecule has 0 aromatic rings. The van der Waals surface area contributed by atoms with Crippen molar-refractivity contribution >= 4 is 35.0 Å². The van der Waals surface area contributed by atoms with Crippen molar-refractivity contribution in [1.82, 2.24) is 0 Å². The molecule has 0 spiro atoms. The predicted molar refractivity (Wildman–Crippen MR) is 59.3 cm³/mol. The van der Waals surface area contributed by atoms with Gasteiger partial charge in [-0.2, -0.15) is 0 Å². The fraction of sp³-hybridized carbons (Fsp3) is 0.400. The summed E-state index contributed by atoms with van der Waals surface area (Å²) < 4.78 is 4.43. The summed E-state index contributed by atoms with van der Waals surface area (Å²) in [5.74, 6) is -1.70. The van der Waals surface area contributed by atoms with Gasteiger partial charge >= 0.3 is 5.97 Å². The van der Waals surface area contributed by atoms with Crippen LogP contribution in [0.4, 0.5) is 0 Å². The summed E-state index contributed by atoms with van der Waals surface area (Å²) in [5.41, 5.74) is -2.25. The third kappa shape index (κ3) is 1.67. The van der Waals surface area contributed by atoms with Gasteiger partial charge in [-0.3, -0.25) is 4.79 Å². The van der Waals surface area contributed by atoms with Crippen LogP contribution in [0.3, 0.4) is 0 Å². The Bertz CT molecular complexity index is 400. The maximum atomic E-state index is 11.5. The number of esters is 1. The molecule has 0 saturated carbocycles. The smallest absolute Gasteiger partial charge is 0.344 e. The van der Waals surface area contributed by atoms with Gasteiger partial charge in [-0.15, -0.1) is 11.6 Å². The number of hydrogen-bond acceptors (Lipinski definition) is 4. The molecule has 0 aliphatic heterocycles. The van der Waals surface area contributed by atoms with Gasteiger partial charge in [-0.05, 0) is 6.92 Å². The van der Waals surface area contributed by atoms with E-state index in [9.17, 15) is 14.7 Å². The van der Waals surface area contributed by atoms with Crippen LogP contribution in [0.15, 0.2) is 22.8 Å². The summed E-state index contributed by atoms with van der Waals surface area (Å²) in [6, 6.07) is 0. The van der Waals surface area contributed by atoms with Crippen molar-refractivity contribution in [3.8, 4) is 0 Å². The highest BCUT2D eigenvalue weighted by Crippen LogP contribution is 2.40. The van der Waals surface area contributed by atoms with Crippen LogP contribution in [-0.4, -0.2) is 34.9 Å². The lowest BCUT2D eigenvalue weighted by Gasteiger charge is -2.23. The molecule has 2 atom stereocenters. The third-order valence-corrected chi connectivity index (χ3v) is 3.19. The Morgan fingerprint density at radius 3 is 2.62 bits per heavy atom. The van der Waals surface area contributed by atoms with Crippen molar-refractivity contribution in [3.05, 3.63) is 22.8 Å². The summed E-state index contributed by atoms with van der Waals surface area (Å²) in [5, 5.41) is 8.44. The predicted octanol–water partition coefficient (Wildman–Crippen LogP) is 1.15. The molecule has 16 heavy (non-hydrogen) atoms. The summed E-state index contributed by atoms with van der Waals surface area (Å²) in [7, 11) is 1.09. The Morgan fingerprint density at radius 1 is 1.62 bits per heavy atom. The lowest BCUT2D eigenvalue weighted by Crippen LogP contribution is -2.48. The first-order chi connectivity index (χ1) is 7.41. The zero-order chi connectivity index (χ0) is 12.5. The summed E-state index contributed by atoms with van der Waals surface area (Å²) in [4.78, 5) is 23.0. The Labute approximate surface area is 102 Å². The number of hydrogen-bond donors (Lipinski definition) is 1. The molecule has 0 bridgehead atoms. The molecular formula is C10H10Cl2O4. The molecule has 4 nitrogen and oxygen atoms in total. The minimum Gasteiger partial charge on any atom is -0.467 e. The van der Waals surface area contributed by atoms with Crippen LogP contribution in [0.5, 0.6) is 0 Å². The van der Waals surface area contributed by atoms with Crippen LogP contribution in [0, 0.1) is 0 Å². The molecule has 1 aliphatic carbocycles. The number of rotatable bonds is 2. The van der Waals surface area contributed by atoms with Crippen molar-refractivity contribution in [1.29, 1.82) is 0 Å². The highest BCUT2D eigenvalue weighted by Gasteiger charge is 2.57. The Morgan fingerprint density at radius 2 is 2.19 bits per heavy atom. The molecule has 0 aromatic carbocycles. The first kappa shape index (κ1) is 13.2. The van der Waals surface area contributed by atoms with Crippen LogP contribution in [0.25, 0.3) is 0 Å². The van der Waals surface area contributed by atoms with E-state index in [2.05, 4.69) is 4.74 Å². The number of alkyl halides is 1. The molecule has 0 saturated heterocycles. The van der Waals surface area contributed by atoms with E-state index < -0.39 is 22.7 Å². The second kappa shape index (κ2) is 4.57. The molecule has 6 heteroatoms. The van der Waals surface area contributed by atoms with E-state index in [1.807, 2.05) is 0 Å². The topological polar surface area (TPSA) is 63.6 Å². The Balaban J connectivity index is 3.37. The van der Waals surface area contributed by atoms with Gasteiger partial charge in [-0.1, -0.05) is 23.8 Å². The molecule has 0 unspecified atom stereocenters. The zero-order valence-corrected chi connectivity index (χ0v) is 10.2. The highest BCUT2D eigenvalue weighted by molar-refractivity contribution is 6.52. The molecule has 0 heterocycles. The quantitative estimate of drug-likeness (QED) is 0.601. The van der Waals surface area contributed by atoms with Crippen LogP contribution in [0.2, 0.25) is 0 Å². The largest absolute Gasteiger partial charge is 0.467 e. The number of carbonyl (C=O) groups is 2. The van der Waals surface area contributed by atoms with Gasteiger partial charge < -0.3 is 9.84 Å². The van der Waals surface area contributed by atoms with Crippen LogP contribution in [0.1, 0.15) is 6.92 Å². The maximum absolute atomic E-state index is 11.5. The lowest BCUT2D eigenvalue weighted by atomic mass is 9.95. The number of allylic oxidation sites excluding steroid dienone is 2. The first-order valence-corrected chi connectivity index (χ1v) is 5.24. The summed E-state index contributed by atoms with van der Waals surface area (Å²) >= 11 is 11.4. The summed E-state index contributed by atoms with van der Waals surface area (Å²) in [6.07, 6.45) is 2.90. The average molecular weight is 265 g/mol. The van der Waals surface area contributed by atoms with Crippen LogP contribution >= 0.6 is 23.2 Å². The van der Waals surface area contributed by atoms with Gasteiger partial charge in [0, 0.05) is 5.57 Å². The molecule has 88 valence electrons. The van der Waals surface area contributed by atoms with E-state index in [0.717, 1.165) is 7.11 Å². The van der Waals surface area contributed by atoms with Gasteiger partial charge in [0.1, 0.15) is 5.38 Å². The fourth-order valence-corrected chi connectivity index (χ4v) is 2.16. The van der Waals surface area contributed by atoms with E-state index in [-0.39, 0.29) is 10.6 Å².